The summed E-state index contributed by atoms with van der Waals surface area (Å²) >= 11 is 1.17. The van der Waals surface area contributed by atoms with Crippen molar-refractivity contribution in [2.75, 3.05) is 0 Å². The van der Waals surface area contributed by atoms with Gasteiger partial charge in [-0.05, 0) is 27.7 Å². The normalized spacial score (nSPS) is 12.7. The topological polar surface area (TPSA) is 108 Å². The molecule has 9 heteroatoms. The van der Waals surface area contributed by atoms with E-state index in [2.05, 4.69) is 15.1 Å². The van der Waals surface area contributed by atoms with Crippen molar-refractivity contribution in [1.29, 1.82) is 5.26 Å². The third kappa shape index (κ3) is 2.92. The number of hydrogen-bond acceptors (Lipinski definition) is 6. The fraction of sp³-hybridized carbons (Fsp3) is 0.462. The molecule has 0 aliphatic rings. The Morgan fingerprint density at radius 1 is 1.50 bits per heavy atom. The minimum absolute atomic E-state index is 0.454. The monoisotopic (exact) mass is 320 g/mol. The van der Waals surface area contributed by atoms with Crippen LogP contribution in [0.2, 0.25) is 0 Å². The van der Waals surface area contributed by atoms with Crippen LogP contribution in [0, 0.1) is 11.3 Å². The van der Waals surface area contributed by atoms with E-state index in [1.807, 2.05) is 26.8 Å². The van der Waals surface area contributed by atoms with Crippen LogP contribution in [-0.2, 0) is 0 Å². The van der Waals surface area contributed by atoms with Gasteiger partial charge in [0, 0.05) is 5.54 Å². The summed E-state index contributed by atoms with van der Waals surface area (Å²) in [6.07, 6.45) is 1.77. The van der Waals surface area contributed by atoms with Gasteiger partial charge in [-0.25, -0.2) is 14.8 Å². The van der Waals surface area contributed by atoms with Crippen LogP contribution in [0.15, 0.2) is 12.5 Å². The number of aromatic nitrogens is 4. The first-order valence-electron chi connectivity index (χ1n) is 6.54. The third-order valence-electron chi connectivity index (χ3n) is 3.05. The van der Waals surface area contributed by atoms with Crippen LogP contribution in [0.4, 0.5) is 4.79 Å². The van der Waals surface area contributed by atoms with Crippen molar-refractivity contribution in [3.05, 3.63) is 23.2 Å². The lowest BCUT2D eigenvalue weighted by Crippen LogP contribution is -2.47. The molecule has 1 N–H and O–H groups in total. The number of carbonyl (C=O) groups is 1. The van der Waals surface area contributed by atoms with E-state index in [4.69, 9.17) is 5.26 Å². The van der Waals surface area contributed by atoms with Gasteiger partial charge in [0.05, 0.1) is 12.2 Å². The molecule has 0 aromatic carbocycles. The Labute approximate surface area is 131 Å². The first-order chi connectivity index (χ1) is 10.3. The summed E-state index contributed by atoms with van der Waals surface area (Å²) in [4.78, 5) is 21.7. The van der Waals surface area contributed by atoms with Crippen LogP contribution in [0.5, 0.6) is 0 Å². The van der Waals surface area contributed by atoms with E-state index >= 15 is 0 Å². The Hall–Kier alpha value is -2.47. The Morgan fingerprint density at radius 3 is 2.68 bits per heavy atom. The molecule has 22 heavy (non-hydrogen) atoms. The lowest BCUT2D eigenvalue weighted by molar-refractivity contribution is 0.0720. The first kappa shape index (κ1) is 15.9. The summed E-state index contributed by atoms with van der Waals surface area (Å²) in [6.45, 7) is 7.19. The van der Waals surface area contributed by atoms with Crippen LogP contribution < -0.4 is 0 Å². The molecular weight excluding hydrogens is 304 g/mol. The fourth-order valence-electron chi connectivity index (χ4n) is 2.25. The number of amides is 1. The van der Waals surface area contributed by atoms with Gasteiger partial charge >= 0.3 is 6.09 Å². The quantitative estimate of drug-likeness (QED) is 0.930. The Morgan fingerprint density at radius 2 is 2.18 bits per heavy atom. The highest BCUT2D eigenvalue weighted by Crippen LogP contribution is 2.28. The van der Waals surface area contributed by atoms with Crippen molar-refractivity contribution in [2.45, 2.75) is 39.3 Å². The average Bonchev–Trinajstić information content (AvgIpc) is 3.05. The summed E-state index contributed by atoms with van der Waals surface area (Å²) in [7, 11) is 0. The summed E-state index contributed by atoms with van der Waals surface area (Å²) in [5, 5.41) is 23.0. The van der Waals surface area contributed by atoms with E-state index < -0.39 is 17.7 Å². The number of carboxylic acid groups (broad SMARTS) is 1. The summed E-state index contributed by atoms with van der Waals surface area (Å²) in [6, 6.07) is 1.49. The average molecular weight is 320 g/mol. The molecule has 0 aliphatic heterocycles. The van der Waals surface area contributed by atoms with Gasteiger partial charge in [0.1, 0.15) is 17.3 Å². The molecule has 0 unspecified atom stereocenters. The van der Waals surface area contributed by atoms with Gasteiger partial charge in [0.2, 0.25) is 5.13 Å². The molecule has 1 amide bonds. The zero-order valence-electron chi connectivity index (χ0n) is 12.7. The van der Waals surface area contributed by atoms with Gasteiger partial charge in [0.15, 0.2) is 5.82 Å². The van der Waals surface area contributed by atoms with Crippen LogP contribution in [-0.4, -0.2) is 41.4 Å². The Kier molecular flexibility index (Phi) is 4.14. The zero-order chi connectivity index (χ0) is 16.5. The molecule has 2 aromatic rings. The van der Waals surface area contributed by atoms with Gasteiger partial charge in [-0.2, -0.15) is 15.0 Å². The largest absolute Gasteiger partial charge is 0.465 e. The number of rotatable bonds is 3. The highest BCUT2D eigenvalue weighted by molar-refractivity contribution is 7.14. The van der Waals surface area contributed by atoms with Gasteiger partial charge < -0.3 is 5.11 Å². The van der Waals surface area contributed by atoms with Gasteiger partial charge in [-0.3, -0.25) is 4.90 Å². The Balaban J connectivity index is 2.44. The van der Waals surface area contributed by atoms with Gasteiger partial charge in [0.25, 0.3) is 0 Å². The minimum atomic E-state index is -1.04. The number of hydrogen-bond donors (Lipinski definition) is 1. The molecule has 2 aromatic heterocycles. The lowest BCUT2D eigenvalue weighted by atomic mass is 10.0. The predicted molar refractivity (Wildman–Crippen MR) is 79.8 cm³/mol. The SMILES string of the molecule is C[C@@H](c1ncnn1-c1ncc(C#N)s1)N(C(=O)O)C(C)(C)C. The van der Waals surface area contributed by atoms with E-state index in [1.165, 1.54) is 33.4 Å². The standard InChI is InChI=1S/C13H16N6O2S/c1-8(18(12(20)21)13(2,3)4)10-16-7-17-19(10)11-15-6-9(5-14)22-11/h6-8H,1-4H3,(H,20,21)/t8-/m0/s1. The lowest BCUT2D eigenvalue weighted by Gasteiger charge is -2.37. The van der Waals surface area contributed by atoms with Crippen LogP contribution in [0.1, 0.15) is 44.4 Å². The molecule has 0 spiro atoms. The second-order valence-electron chi connectivity index (χ2n) is 5.65. The Bertz CT molecular complexity index is 723. The molecule has 2 heterocycles. The van der Waals surface area contributed by atoms with Crippen LogP contribution >= 0.6 is 11.3 Å². The summed E-state index contributed by atoms with van der Waals surface area (Å²) in [5.41, 5.74) is -0.595. The maximum absolute atomic E-state index is 11.6. The van der Waals surface area contributed by atoms with Crippen LogP contribution in [0.3, 0.4) is 0 Å². The van der Waals surface area contributed by atoms with E-state index in [-0.39, 0.29) is 0 Å². The molecule has 8 nitrogen and oxygen atoms in total. The van der Waals surface area contributed by atoms with Gasteiger partial charge in [-0.1, -0.05) is 11.3 Å². The van der Waals surface area contributed by atoms with Crippen molar-refractivity contribution < 1.29 is 9.90 Å². The molecule has 0 bridgehead atoms. The van der Waals surface area contributed by atoms with Gasteiger partial charge in [-0.15, -0.1) is 0 Å². The second-order valence-corrected chi connectivity index (χ2v) is 6.66. The van der Waals surface area contributed by atoms with E-state index in [9.17, 15) is 9.90 Å². The van der Waals surface area contributed by atoms with Crippen molar-refractivity contribution in [3.8, 4) is 11.2 Å². The fourth-order valence-corrected chi connectivity index (χ4v) is 2.93. The maximum atomic E-state index is 11.6. The molecule has 2 rings (SSSR count). The smallest absolute Gasteiger partial charge is 0.408 e. The molecule has 0 fully saturated rings. The molecular formula is C13H16N6O2S. The van der Waals surface area contributed by atoms with E-state index in [1.54, 1.807) is 6.92 Å². The van der Waals surface area contributed by atoms with Crippen molar-refractivity contribution in [1.82, 2.24) is 24.6 Å². The third-order valence-corrected chi connectivity index (χ3v) is 3.93. The zero-order valence-corrected chi connectivity index (χ0v) is 13.5. The van der Waals surface area contributed by atoms with Crippen molar-refractivity contribution >= 4 is 17.4 Å². The molecule has 0 saturated carbocycles. The molecule has 1 atom stereocenters. The number of nitrogens with zero attached hydrogens (tertiary/aromatic N) is 6. The number of thiazole rings is 1. The molecule has 0 saturated heterocycles. The highest BCUT2D eigenvalue weighted by atomic mass is 32.1. The van der Waals surface area contributed by atoms with Crippen molar-refractivity contribution in [3.63, 3.8) is 0 Å². The first-order valence-corrected chi connectivity index (χ1v) is 7.36. The van der Waals surface area contributed by atoms with E-state index in [0.717, 1.165) is 0 Å². The predicted octanol–water partition coefficient (Wildman–Crippen LogP) is 2.43. The highest BCUT2D eigenvalue weighted by Gasteiger charge is 2.34. The van der Waals surface area contributed by atoms with E-state index in [0.29, 0.717) is 15.8 Å². The maximum Gasteiger partial charge on any atom is 0.408 e. The molecule has 116 valence electrons. The molecule has 0 radical (unpaired) electrons. The molecule has 0 aliphatic carbocycles. The number of nitriles is 1. The summed E-state index contributed by atoms with van der Waals surface area (Å²) in [5.74, 6) is 0.455. The minimum Gasteiger partial charge on any atom is -0.465 e. The van der Waals surface area contributed by atoms with Crippen LogP contribution in [0.25, 0.3) is 5.13 Å². The summed E-state index contributed by atoms with van der Waals surface area (Å²) < 4.78 is 1.47. The second kappa shape index (κ2) is 5.73. The van der Waals surface area contributed by atoms with Crippen molar-refractivity contribution in [2.24, 2.45) is 0 Å².